The van der Waals surface area contributed by atoms with E-state index in [9.17, 15) is 4.79 Å². The quantitative estimate of drug-likeness (QED) is 0.775. The minimum absolute atomic E-state index is 0.0105. The summed E-state index contributed by atoms with van der Waals surface area (Å²) in [5, 5.41) is 0. The van der Waals surface area contributed by atoms with Crippen LogP contribution in [0, 0.1) is 6.92 Å². The van der Waals surface area contributed by atoms with E-state index in [1.165, 1.54) is 11.1 Å². The molecular weight excluding hydrogens is 232 g/mol. The molecule has 2 aromatic rings. The van der Waals surface area contributed by atoms with Crippen LogP contribution >= 0.6 is 0 Å². The number of ketones is 1. The SMILES string of the molecule is Cc1cccc(C(C)C(=O)CCc2ccccc2)c1. The molecular formula is C18H20O. The van der Waals surface area contributed by atoms with E-state index >= 15 is 0 Å². The third-order valence-electron chi connectivity index (χ3n) is 3.53. The molecule has 0 aliphatic rings. The van der Waals surface area contributed by atoms with E-state index in [-0.39, 0.29) is 5.92 Å². The predicted molar refractivity (Wildman–Crippen MR) is 79.4 cm³/mol. The highest BCUT2D eigenvalue weighted by atomic mass is 16.1. The van der Waals surface area contributed by atoms with Crippen molar-refractivity contribution in [1.82, 2.24) is 0 Å². The van der Waals surface area contributed by atoms with Gasteiger partial charge in [0, 0.05) is 12.3 Å². The van der Waals surface area contributed by atoms with Gasteiger partial charge >= 0.3 is 0 Å². The third kappa shape index (κ3) is 3.78. The van der Waals surface area contributed by atoms with Gasteiger partial charge in [-0.2, -0.15) is 0 Å². The minimum Gasteiger partial charge on any atom is -0.299 e. The van der Waals surface area contributed by atoms with Crippen LogP contribution in [0.1, 0.15) is 36.0 Å². The van der Waals surface area contributed by atoms with E-state index in [2.05, 4.69) is 31.2 Å². The second-order valence-electron chi connectivity index (χ2n) is 5.09. The molecule has 0 aliphatic heterocycles. The van der Waals surface area contributed by atoms with E-state index in [1.807, 2.05) is 37.3 Å². The van der Waals surface area contributed by atoms with Crippen LogP contribution in [0.25, 0.3) is 0 Å². The molecule has 0 saturated heterocycles. The Balaban J connectivity index is 1.96. The topological polar surface area (TPSA) is 17.1 Å². The molecule has 1 heteroatoms. The number of carbonyl (C=O) groups excluding carboxylic acids is 1. The van der Waals surface area contributed by atoms with E-state index < -0.39 is 0 Å². The van der Waals surface area contributed by atoms with Crippen LogP contribution in [0.2, 0.25) is 0 Å². The van der Waals surface area contributed by atoms with E-state index in [0.717, 1.165) is 12.0 Å². The number of aryl methyl sites for hydroxylation is 2. The summed E-state index contributed by atoms with van der Waals surface area (Å²) >= 11 is 0. The summed E-state index contributed by atoms with van der Waals surface area (Å²) < 4.78 is 0. The zero-order chi connectivity index (χ0) is 13.7. The van der Waals surface area contributed by atoms with Crippen molar-refractivity contribution in [3.63, 3.8) is 0 Å². The largest absolute Gasteiger partial charge is 0.299 e. The van der Waals surface area contributed by atoms with Gasteiger partial charge in [0.1, 0.15) is 5.78 Å². The lowest BCUT2D eigenvalue weighted by Crippen LogP contribution is -2.10. The lowest BCUT2D eigenvalue weighted by Gasteiger charge is -2.11. The molecule has 0 aliphatic carbocycles. The van der Waals surface area contributed by atoms with Crippen molar-refractivity contribution in [2.45, 2.75) is 32.6 Å². The maximum Gasteiger partial charge on any atom is 0.140 e. The summed E-state index contributed by atoms with van der Waals surface area (Å²) in [6.45, 7) is 4.06. The summed E-state index contributed by atoms with van der Waals surface area (Å²) in [5.41, 5.74) is 3.56. The Hall–Kier alpha value is -1.89. The van der Waals surface area contributed by atoms with E-state index in [0.29, 0.717) is 12.2 Å². The number of benzene rings is 2. The zero-order valence-electron chi connectivity index (χ0n) is 11.6. The van der Waals surface area contributed by atoms with Crippen molar-refractivity contribution < 1.29 is 4.79 Å². The molecule has 0 radical (unpaired) electrons. The number of rotatable bonds is 5. The molecule has 0 aromatic heterocycles. The second-order valence-corrected chi connectivity index (χ2v) is 5.09. The van der Waals surface area contributed by atoms with Crippen molar-refractivity contribution in [3.05, 3.63) is 71.3 Å². The van der Waals surface area contributed by atoms with Crippen LogP contribution in [0.4, 0.5) is 0 Å². The molecule has 0 heterocycles. The molecule has 0 spiro atoms. The Labute approximate surface area is 115 Å². The first kappa shape index (κ1) is 13.5. The highest BCUT2D eigenvalue weighted by molar-refractivity contribution is 5.85. The van der Waals surface area contributed by atoms with Gasteiger partial charge in [-0.25, -0.2) is 0 Å². The Kier molecular flexibility index (Phi) is 4.51. The first-order chi connectivity index (χ1) is 9.16. The molecule has 1 unspecified atom stereocenters. The number of Topliss-reactive ketones (excluding diaryl/α,β-unsaturated/α-hetero) is 1. The van der Waals surface area contributed by atoms with Crippen molar-refractivity contribution in [2.24, 2.45) is 0 Å². The highest BCUT2D eigenvalue weighted by Crippen LogP contribution is 2.19. The zero-order valence-corrected chi connectivity index (χ0v) is 11.6. The third-order valence-corrected chi connectivity index (χ3v) is 3.53. The lowest BCUT2D eigenvalue weighted by atomic mass is 9.92. The second kappa shape index (κ2) is 6.33. The standard InChI is InChI=1S/C18H20O/c1-14-7-6-10-17(13-14)15(2)18(19)12-11-16-8-4-3-5-9-16/h3-10,13,15H,11-12H2,1-2H3. The van der Waals surface area contributed by atoms with Gasteiger partial charge in [-0.3, -0.25) is 4.79 Å². The molecule has 2 aromatic carbocycles. The lowest BCUT2D eigenvalue weighted by molar-refractivity contribution is -0.120. The molecule has 0 amide bonds. The van der Waals surface area contributed by atoms with Crippen molar-refractivity contribution in [1.29, 1.82) is 0 Å². The van der Waals surface area contributed by atoms with Gasteiger partial charge in [0.15, 0.2) is 0 Å². The van der Waals surface area contributed by atoms with Crippen LogP contribution in [-0.4, -0.2) is 5.78 Å². The summed E-state index contributed by atoms with van der Waals surface area (Å²) in [6.07, 6.45) is 1.44. The van der Waals surface area contributed by atoms with Gasteiger partial charge in [-0.15, -0.1) is 0 Å². The average Bonchev–Trinajstić information content (AvgIpc) is 2.45. The Morgan fingerprint density at radius 1 is 1.05 bits per heavy atom. The number of hydrogen-bond acceptors (Lipinski definition) is 1. The first-order valence-corrected chi connectivity index (χ1v) is 6.80. The fraction of sp³-hybridized carbons (Fsp3) is 0.278. The maximum absolute atomic E-state index is 12.2. The fourth-order valence-electron chi connectivity index (χ4n) is 2.25. The van der Waals surface area contributed by atoms with Crippen LogP contribution < -0.4 is 0 Å². The summed E-state index contributed by atoms with van der Waals surface area (Å²) in [6, 6.07) is 18.4. The van der Waals surface area contributed by atoms with Gasteiger partial charge < -0.3 is 0 Å². The fourth-order valence-corrected chi connectivity index (χ4v) is 2.25. The van der Waals surface area contributed by atoms with Crippen molar-refractivity contribution >= 4 is 5.78 Å². The van der Waals surface area contributed by atoms with Gasteiger partial charge in [0.2, 0.25) is 0 Å². The summed E-state index contributed by atoms with van der Waals surface area (Å²) in [4.78, 5) is 12.2. The number of carbonyl (C=O) groups is 1. The molecule has 0 saturated carbocycles. The molecule has 98 valence electrons. The molecule has 0 N–H and O–H groups in total. The van der Waals surface area contributed by atoms with Gasteiger partial charge in [0.25, 0.3) is 0 Å². The molecule has 1 atom stereocenters. The molecule has 1 nitrogen and oxygen atoms in total. The van der Waals surface area contributed by atoms with Gasteiger partial charge in [-0.05, 0) is 24.5 Å². The molecule has 19 heavy (non-hydrogen) atoms. The van der Waals surface area contributed by atoms with E-state index in [1.54, 1.807) is 0 Å². The van der Waals surface area contributed by atoms with Crippen molar-refractivity contribution in [2.75, 3.05) is 0 Å². The smallest absolute Gasteiger partial charge is 0.140 e. The summed E-state index contributed by atoms with van der Waals surface area (Å²) in [5.74, 6) is 0.304. The highest BCUT2D eigenvalue weighted by Gasteiger charge is 2.14. The van der Waals surface area contributed by atoms with Crippen molar-refractivity contribution in [3.8, 4) is 0 Å². The number of hydrogen-bond donors (Lipinski definition) is 0. The molecule has 2 rings (SSSR count). The van der Waals surface area contributed by atoms with Crippen LogP contribution in [0.15, 0.2) is 54.6 Å². The first-order valence-electron chi connectivity index (χ1n) is 6.80. The maximum atomic E-state index is 12.2. The van der Waals surface area contributed by atoms with Crippen LogP contribution in [0.3, 0.4) is 0 Å². The monoisotopic (exact) mass is 252 g/mol. The van der Waals surface area contributed by atoms with Crippen LogP contribution in [0.5, 0.6) is 0 Å². The molecule has 0 fully saturated rings. The predicted octanol–water partition coefficient (Wildman–Crippen LogP) is 4.30. The average molecular weight is 252 g/mol. The van der Waals surface area contributed by atoms with Gasteiger partial charge in [-0.1, -0.05) is 67.1 Å². The normalized spacial score (nSPS) is 12.1. The minimum atomic E-state index is -0.0105. The Morgan fingerprint density at radius 2 is 1.79 bits per heavy atom. The summed E-state index contributed by atoms with van der Waals surface area (Å²) in [7, 11) is 0. The van der Waals surface area contributed by atoms with Crippen LogP contribution in [-0.2, 0) is 11.2 Å². The molecule has 0 bridgehead atoms. The Bertz CT molecular complexity index is 543. The van der Waals surface area contributed by atoms with Gasteiger partial charge in [0.05, 0.1) is 0 Å². The Morgan fingerprint density at radius 3 is 2.47 bits per heavy atom. The van der Waals surface area contributed by atoms with E-state index in [4.69, 9.17) is 0 Å².